The molecule has 0 saturated heterocycles. The topological polar surface area (TPSA) is 143 Å². The summed E-state index contributed by atoms with van der Waals surface area (Å²) in [7, 11) is 0. The fraction of sp³-hybridized carbons (Fsp3) is 0.469. The Morgan fingerprint density at radius 3 is 2.17 bits per heavy atom. The average molecular weight is 744 g/mol. The van der Waals surface area contributed by atoms with Gasteiger partial charge in [0.1, 0.15) is 5.60 Å². The molecule has 48 heavy (non-hydrogen) atoms. The zero-order valence-electron chi connectivity index (χ0n) is 26.4. The predicted octanol–water partition coefficient (Wildman–Crippen LogP) is 6.65. The van der Waals surface area contributed by atoms with E-state index in [4.69, 9.17) is 10.5 Å². The Hall–Kier alpha value is -3.92. The van der Waals surface area contributed by atoms with Gasteiger partial charge in [0, 0.05) is 22.5 Å². The Kier molecular flexibility index (Phi) is 11.3. The molecule has 10 nitrogen and oxygen atoms in total. The molecule has 0 aliphatic heterocycles. The number of benzene rings is 2. The van der Waals surface area contributed by atoms with Crippen LogP contribution in [0.4, 0.5) is 32.4 Å². The molecular formula is C32H36BrF5N6O4. The van der Waals surface area contributed by atoms with Crippen LogP contribution in [0.1, 0.15) is 57.8 Å². The Labute approximate surface area is 282 Å². The van der Waals surface area contributed by atoms with Gasteiger partial charge in [0.25, 0.3) is 5.91 Å². The molecule has 0 spiro atoms. The quantitative estimate of drug-likeness (QED) is 0.209. The van der Waals surface area contributed by atoms with Gasteiger partial charge in [0.15, 0.2) is 5.82 Å². The van der Waals surface area contributed by atoms with Gasteiger partial charge in [-0.2, -0.15) is 27.1 Å². The number of ether oxygens (including phenoxy) is 1. The lowest BCUT2D eigenvalue weighted by Gasteiger charge is -2.32. The molecule has 3 aromatic rings. The number of aromatic nitrogens is 3. The highest BCUT2D eigenvalue weighted by molar-refractivity contribution is 9.10. The average Bonchev–Trinajstić information content (AvgIpc) is 3.52. The van der Waals surface area contributed by atoms with Gasteiger partial charge in [-0.15, -0.1) is 0 Å². The summed E-state index contributed by atoms with van der Waals surface area (Å²) in [6.45, 7) is 5.66. The summed E-state index contributed by atoms with van der Waals surface area (Å²) >= 11 is 3.36. The number of halogens is 6. The number of nitrogens with one attached hydrogen (secondary N) is 2. The molecule has 4 rings (SSSR count). The van der Waals surface area contributed by atoms with E-state index in [1.807, 2.05) is 0 Å². The molecule has 0 bridgehead atoms. The van der Waals surface area contributed by atoms with E-state index in [-0.39, 0.29) is 23.6 Å². The van der Waals surface area contributed by atoms with E-state index in [1.54, 1.807) is 50.1 Å². The smallest absolute Gasteiger partial charge is 0.444 e. The maximum absolute atomic E-state index is 14.0. The minimum Gasteiger partial charge on any atom is -0.444 e. The Bertz CT molecular complexity index is 1580. The van der Waals surface area contributed by atoms with Crippen molar-refractivity contribution in [2.45, 2.75) is 76.6 Å². The first-order valence-corrected chi connectivity index (χ1v) is 16.0. The summed E-state index contributed by atoms with van der Waals surface area (Å²) in [6.07, 6.45) is -4.19. The van der Waals surface area contributed by atoms with E-state index < -0.39 is 59.2 Å². The van der Waals surface area contributed by atoms with Crippen molar-refractivity contribution in [2.24, 2.45) is 17.6 Å². The summed E-state index contributed by atoms with van der Waals surface area (Å²) in [5.74, 6) is -8.94. The molecule has 260 valence electrons. The van der Waals surface area contributed by atoms with E-state index in [9.17, 15) is 36.3 Å². The summed E-state index contributed by atoms with van der Waals surface area (Å²) in [4.78, 5) is 44.2. The molecule has 1 aliphatic rings. The van der Waals surface area contributed by atoms with Gasteiger partial charge in [-0.3, -0.25) is 14.7 Å². The molecule has 2 aromatic carbocycles. The number of carbonyl (C=O) groups is 3. The fourth-order valence-electron chi connectivity index (χ4n) is 5.25. The zero-order chi connectivity index (χ0) is 35.4. The maximum Gasteiger partial charge on any atom is 0.461 e. The Balaban J connectivity index is 1.52. The molecule has 1 atom stereocenters. The van der Waals surface area contributed by atoms with Crippen molar-refractivity contribution in [1.82, 2.24) is 20.5 Å². The van der Waals surface area contributed by atoms with Crippen LogP contribution in [0.15, 0.2) is 53.0 Å². The van der Waals surface area contributed by atoms with Crippen LogP contribution in [-0.2, 0) is 26.7 Å². The van der Waals surface area contributed by atoms with E-state index in [2.05, 4.69) is 31.3 Å². The number of hydrogen-bond acceptors (Lipinski definition) is 7. The number of imide groups is 1. The van der Waals surface area contributed by atoms with Crippen LogP contribution < -0.4 is 16.0 Å². The van der Waals surface area contributed by atoms with Crippen molar-refractivity contribution in [2.75, 3.05) is 11.4 Å². The number of amides is 3. The van der Waals surface area contributed by atoms with Crippen LogP contribution in [0, 0.1) is 11.8 Å². The van der Waals surface area contributed by atoms with Crippen LogP contribution in [0.5, 0.6) is 0 Å². The van der Waals surface area contributed by atoms with Crippen molar-refractivity contribution >= 4 is 39.5 Å². The zero-order valence-corrected chi connectivity index (χ0v) is 28.0. The lowest BCUT2D eigenvalue weighted by molar-refractivity contribution is -0.292. The van der Waals surface area contributed by atoms with Crippen LogP contribution >= 0.6 is 15.9 Å². The summed E-state index contributed by atoms with van der Waals surface area (Å²) in [5.41, 5.74) is 6.65. The van der Waals surface area contributed by atoms with Crippen LogP contribution in [0.3, 0.4) is 0 Å². The first-order chi connectivity index (χ1) is 22.4. The largest absolute Gasteiger partial charge is 0.461 e. The predicted molar refractivity (Wildman–Crippen MR) is 170 cm³/mol. The van der Waals surface area contributed by atoms with Crippen molar-refractivity contribution in [1.29, 1.82) is 0 Å². The number of rotatable bonds is 9. The number of carbonyl (C=O) groups excluding carboxylic acids is 3. The molecule has 1 aromatic heterocycles. The molecule has 0 unspecified atom stereocenters. The Morgan fingerprint density at radius 2 is 1.60 bits per heavy atom. The lowest BCUT2D eigenvalue weighted by atomic mass is 9.81. The number of aromatic amines is 1. The summed E-state index contributed by atoms with van der Waals surface area (Å²) < 4.78 is 72.0. The Morgan fingerprint density at radius 1 is 1.00 bits per heavy atom. The minimum atomic E-state index is -5.88. The third-order valence-corrected chi connectivity index (χ3v) is 8.31. The molecule has 16 heteroatoms. The van der Waals surface area contributed by atoms with Gasteiger partial charge < -0.3 is 15.8 Å². The molecular weight excluding hydrogens is 707 g/mol. The second kappa shape index (κ2) is 14.7. The van der Waals surface area contributed by atoms with Crippen molar-refractivity contribution in [3.8, 4) is 11.4 Å². The number of nitrogens with two attached hydrogens (primary N) is 1. The monoisotopic (exact) mass is 742 g/mol. The summed E-state index contributed by atoms with van der Waals surface area (Å²) in [6, 6.07) is 11.4. The number of H-pyrrole nitrogens is 1. The lowest BCUT2D eigenvalue weighted by Crippen LogP contribution is -2.50. The third-order valence-electron chi connectivity index (χ3n) is 7.78. The second-order valence-corrected chi connectivity index (χ2v) is 13.6. The SMILES string of the molecule is CC(C)(C)OC(=O)NCC1CCC(C(=O)N(C(=O)[C@@H](N)Cc2ccc(Br)cc2)c2ccc(-c3n[nH]c(C(F)(F)C(F)(F)F)n3)cc2)CC1. The van der Waals surface area contributed by atoms with Crippen molar-refractivity contribution in [3.05, 3.63) is 64.4 Å². The summed E-state index contributed by atoms with van der Waals surface area (Å²) in [5, 5.41) is 7.89. The standard InChI is InChI=1S/C32H36BrF5N6O4/c1-30(2,3)48-29(47)40-17-19-4-8-21(9-5-19)26(45)44(27(46)24(39)16-18-6-12-22(33)13-7-18)23-14-10-20(11-15-23)25-41-28(43-42-25)31(34,35)32(36,37)38/h6-7,10-15,19,21,24H,4-5,8-9,16-17,39H2,1-3H3,(H,40,47)(H,41,42,43)/t19?,21?,24-/m0/s1. The number of alkyl carbamates (subject to hydrolysis) is 1. The highest BCUT2D eigenvalue weighted by Crippen LogP contribution is 2.42. The van der Waals surface area contributed by atoms with E-state index in [1.165, 1.54) is 24.3 Å². The van der Waals surface area contributed by atoms with Crippen molar-refractivity contribution in [3.63, 3.8) is 0 Å². The highest BCUT2D eigenvalue weighted by Gasteiger charge is 2.61. The molecule has 1 heterocycles. The molecule has 0 radical (unpaired) electrons. The van der Waals surface area contributed by atoms with E-state index in [0.29, 0.717) is 32.2 Å². The normalized spacial score (nSPS) is 17.8. The second-order valence-electron chi connectivity index (χ2n) is 12.7. The third kappa shape index (κ3) is 9.15. The van der Waals surface area contributed by atoms with Gasteiger partial charge in [0.05, 0.1) is 11.7 Å². The van der Waals surface area contributed by atoms with Crippen LogP contribution in [0.25, 0.3) is 11.4 Å². The van der Waals surface area contributed by atoms with Crippen LogP contribution in [-0.4, -0.2) is 57.5 Å². The molecule has 3 amide bonds. The fourth-order valence-corrected chi connectivity index (χ4v) is 5.52. The van der Waals surface area contributed by atoms with Crippen molar-refractivity contribution < 1.29 is 41.1 Å². The maximum atomic E-state index is 14.0. The van der Waals surface area contributed by atoms with Gasteiger partial charge in [-0.1, -0.05) is 28.1 Å². The van der Waals surface area contributed by atoms with Crippen LogP contribution in [0.2, 0.25) is 0 Å². The van der Waals surface area contributed by atoms with E-state index >= 15 is 0 Å². The molecule has 4 N–H and O–H groups in total. The van der Waals surface area contributed by atoms with Gasteiger partial charge in [-0.25, -0.2) is 14.7 Å². The number of anilines is 1. The first kappa shape index (κ1) is 36.9. The molecule has 1 aliphatic carbocycles. The first-order valence-electron chi connectivity index (χ1n) is 15.2. The highest BCUT2D eigenvalue weighted by atomic mass is 79.9. The number of nitrogens with zero attached hydrogens (tertiary/aromatic N) is 3. The van der Waals surface area contributed by atoms with Gasteiger partial charge in [-0.05, 0) is 101 Å². The number of alkyl halides is 5. The number of hydrogen-bond donors (Lipinski definition) is 3. The van der Waals surface area contributed by atoms with Gasteiger partial charge in [0.2, 0.25) is 11.7 Å². The van der Waals surface area contributed by atoms with Gasteiger partial charge >= 0.3 is 18.2 Å². The minimum absolute atomic E-state index is 0.0660. The molecule has 1 saturated carbocycles. The van der Waals surface area contributed by atoms with E-state index in [0.717, 1.165) is 14.9 Å². The molecule has 1 fully saturated rings.